The molecule has 0 aliphatic rings. The zero-order valence-corrected chi connectivity index (χ0v) is 11.1. The topological polar surface area (TPSA) is 56.7 Å². The number of hydrogen-bond donors (Lipinski definition) is 1. The summed E-state index contributed by atoms with van der Waals surface area (Å²) in [5.41, 5.74) is 8.58. The highest BCUT2D eigenvalue weighted by Gasteiger charge is 2.12. The molecule has 4 nitrogen and oxygen atoms in total. The Balaban J connectivity index is 2.21. The molecule has 2 rings (SSSR count). The lowest BCUT2D eigenvalue weighted by Crippen LogP contribution is -2.08. The Bertz CT molecular complexity index is 519. The van der Waals surface area contributed by atoms with E-state index >= 15 is 0 Å². The molecule has 1 heterocycles. The third kappa shape index (κ3) is 3.38. The van der Waals surface area contributed by atoms with Gasteiger partial charge in [-0.15, -0.1) is 5.10 Å². The molecule has 2 aromatic rings. The molecule has 0 saturated carbocycles. The lowest BCUT2D eigenvalue weighted by molar-refractivity contribution is 0.536. The van der Waals surface area contributed by atoms with Crippen LogP contribution in [0.5, 0.6) is 0 Å². The SMILES string of the molecule is CCCCn1nnc(CN)c1Cc1ccc(F)cc1. The molecule has 0 radical (unpaired) electrons. The van der Waals surface area contributed by atoms with Gasteiger partial charge in [0, 0.05) is 19.5 Å². The summed E-state index contributed by atoms with van der Waals surface area (Å²) in [6, 6.07) is 6.51. The van der Waals surface area contributed by atoms with E-state index < -0.39 is 0 Å². The van der Waals surface area contributed by atoms with Crippen molar-refractivity contribution >= 4 is 0 Å². The van der Waals surface area contributed by atoms with Crippen molar-refractivity contribution in [3.05, 3.63) is 47.0 Å². The van der Waals surface area contributed by atoms with E-state index in [9.17, 15) is 4.39 Å². The zero-order chi connectivity index (χ0) is 13.7. The van der Waals surface area contributed by atoms with E-state index in [0.717, 1.165) is 36.3 Å². The summed E-state index contributed by atoms with van der Waals surface area (Å²) < 4.78 is 14.8. The van der Waals surface area contributed by atoms with Gasteiger partial charge in [-0.1, -0.05) is 30.7 Å². The van der Waals surface area contributed by atoms with Crippen LogP contribution in [0.15, 0.2) is 24.3 Å². The minimum absolute atomic E-state index is 0.222. The predicted molar refractivity (Wildman–Crippen MR) is 72.0 cm³/mol. The van der Waals surface area contributed by atoms with Crippen molar-refractivity contribution in [2.45, 2.75) is 39.3 Å². The van der Waals surface area contributed by atoms with E-state index in [1.54, 1.807) is 12.1 Å². The second-order valence-corrected chi connectivity index (χ2v) is 4.57. The number of nitrogens with two attached hydrogens (primary N) is 1. The van der Waals surface area contributed by atoms with Crippen LogP contribution in [-0.4, -0.2) is 15.0 Å². The first-order valence-electron chi connectivity index (χ1n) is 6.60. The molecule has 1 aromatic heterocycles. The molecule has 2 N–H and O–H groups in total. The molecular weight excluding hydrogens is 243 g/mol. The molecule has 5 heteroatoms. The number of nitrogens with zero attached hydrogens (tertiary/aromatic N) is 3. The number of aryl methyl sites for hydroxylation is 1. The fraction of sp³-hybridized carbons (Fsp3) is 0.429. The van der Waals surface area contributed by atoms with Gasteiger partial charge in [0.05, 0.1) is 11.4 Å². The van der Waals surface area contributed by atoms with Crippen molar-refractivity contribution in [3.63, 3.8) is 0 Å². The smallest absolute Gasteiger partial charge is 0.123 e. The molecule has 0 saturated heterocycles. The number of aromatic nitrogens is 3. The van der Waals surface area contributed by atoms with E-state index in [1.165, 1.54) is 12.1 Å². The van der Waals surface area contributed by atoms with Crippen LogP contribution in [0.4, 0.5) is 4.39 Å². The average Bonchev–Trinajstić information content (AvgIpc) is 2.81. The van der Waals surface area contributed by atoms with Crippen molar-refractivity contribution in [2.24, 2.45) is 5.73 Å². The van der Waals surface area contributed by atoms with Gasteiger partial charge in [-0.25, -0.2) is 9.07 Å². The number of benzene rings is 1. The Morgan fingerprint density at radius 2 is 2.00 bits per heavy atom. The molecule has 19 heavy (non-hydrogen) atoms. The van der Waals surface area contributed by atoms with Crippen LogP contribution in [0.25, 0.3) is 0 Å². The number of halogens is 1. The van der Waals surface area contributed by atoms with Crippen molar-refractivity contribution in [1.29, 1.82) is 0 Å². The Labute approximate surface area is 112 Å². The lowest BCUT2D eigenvalue weighted by atomic mass is 10.1. The van der Waals surface area contributed by atoms with Crippen molar-refractivity contribution < 1.29 is 4.39 Å². The Morgan fingerprint density at radius 3 is 2.63 bits per heavy atom. The van der Waals surface area contributed by atoms with Crippen LogP contribution in [0.3, 0.4) is 0 Å². The van der Waals surface area contributed by atoms with Crippen LogP contribution < -0.4 is 5.73 Å². The Hall–Kier alpha value is -1.75. The normalized spacial score (nSPS) is 10.9. The zero-order valence-electron chi connectivity index (χ0n) is 11.1. The monoisotopic (exact) mass is 262 g/mol. The first-order chi connectivity index (χ1) is 9.24. The van der Waals surface area contributed by atoms with Gasteiger partial charge in [-0.2, -0.15) is 0 Å². The maximum Gasteiger partial charge on any atom is 0.123 e. The largest absolute Gasteiger partial charge is 0.325 e. The van der Waals surface area contributed by atoms with E-state index in [2.05, 4.69) is 17.2 Å². The minimum Gasteiger partial charge on any atom is -0.325 e. The van der Waals surface area contributed by atoms with Gasteiger partial charge in [0.15, 0.2) is 0 Å². The summed E-state index contributed by atoms with van der Waals surface area (Å²) >= 11 is 0. The summed E-state index contributed by atoms with van der Waals surface area (Å²) in [5.74, 6) is -0.222. The summed E-state index contributed by atoms with van der Waals surface area (Å²) in [4.78, 5) is 0. The lowest BCUT2D eigenvalue weighted by Gasteiger charge is -2.07. The predicted octanol–water partition coefficient (Wildman–Crippen LogP) is 2.27. The van der Waals surface area contributed by atoms with Crippen LogP contribution in [0.2, 0.25) is 0 Å². The van der Waals surface area contributed by atoms with Gasteiger partial charge in [-0.05, 0) is 24.1 Å². The highest BCUT2D eigenvalue weighted by Crippen LogP contribution is 2.14. The van der Waals surface area contributed by atoms with Crippen LogP contribution in [-0.2, 0) is 19.5 Å². The van der Waals surface area contributed by atoms with Gasteiger partial charge in [0.25, 0.3) is 0 Å². The summed E-state index contributed by atoms with van der Waals surface area (Å²) in [7, 11) is 0. The minimum atomic E-state index is -0.222. The van der Waals surface area contributed by atoms with Crippen LogP contribution in [0.1, 0.15) is 36.7 Å². The highest BCUT2D eigenvalue weighted by atomic mass is 19.1. The van der Waals surface area contributed by atoms with E-state index in [4.69, 9.17) is 5.73 Å². The fourth-order valence-corrected chi connectivity index (χ4v) is 2.00. The molecule has 1 aromatic carbocycles. The second kappa shape index (κ2) is 6.43. The number of hydrogen-bond acceptors (Lipinski definition) is 3. The van der Waals surface area contributed by atoms with E-state index in [0.29, 0.717) is 13.0 Å². The molecule has 0 aliphatic heterocycles. The van der Waals surface area contributed by atoms with Gasteiger partial charge in [0.1, 0.15) is 5.82 Å². The fourth-order valence-electron chi connectivity index (χ4n) is 2.00. The van der Waals surface area contributed by atoms with Crippen LogP contribution >= 0.6 is 0 Å². The molecule has 0 fully saturated rings. The Kier molecular flexibility index (Phi) is 4.63. The molecule has 0 atom stereocenters. The molecule has 102 valence electrons. The maximum absolute atomic E-state index is 12.9. The summed E-state index contributed by atoms with van der Waals surface area (Å²) in [6.45, 7) is 3.36. The van der Waals surface area contributed by atoms with Crippen molar-refractivity contribution in [3.8, 4) is 0 Å². The number of unbranched alkanes of at least 4 members (excludes halogenated alkanes) is 1. The molecule has 0 spiro atoms. The first kappa shape index (κ1) is 13.7. The number of rotatable bonds is 6. The van der Waals surface area contributed by atoms with Crippen LogP contribution in [0, 0.1) is 5.82 Å². The molecular formula is C14H19FN4. The molecule has 0 bridgehead atoms. The standard InChI is InChI=1S/C14H19FN4/c1-2-3-8-19-14(13(10-16)17-18-19)9-11-4-6-12(15)7-5-11/h4-7H,2-3,8-10,16H2,1H3. The average molecular weight is 262 g/mol. The second-order valence-electron chi connectivity index (χ2n) is 4.57. The van der Waals surface area contributed by atoms with Crippen molar-refractivity contribution in [1.82, 2.24) is 15.0 Å². The van der Waals surface area contributed by atoms with Gasteiger partial charge >= 0.3 is 0 Å². The quantitative estimate of drug-likeness (QED) is 0.868. The molecule has 0 unspecified atom stereocenters. The molecule has 0 aliphatic carbocycles. The third-order valence-electron chi connectivity index (χ3n) is 3.12. The first-order valence-corrected chi connectivity index (χ1v) is 6.60. The van der Waals surface area contributed by atoms with Gasteiger partial charge in [-0.3, -0.25) is 0 Å². The summed E-state index contributed by atoms with van der Waals surface area (Å²) in [6.07, 6.45) is 2.85. The Morgan fingerprint density at radius 1 is 1.26 bits per heavy atom. The third-order valence-corrected chi connectivity index (χ3v) is 3.12. The maximum atomic E-state index is 12.9. The van der Waals surface area contributed by atoms with Gasteiger partial charge < -0.3 is 5.73 Å². The van der Waals surface area contributed by atoms with E-state index in [-0.39, 0.29) is 5.82 Å². The van der Waals surface area contributed by atoms with Crippen molar-refractivity contribution in [2.75, 3.05) is 0 Å². The molecule has 0 amide bonds. The van der Waals surface area contributed by atoms with Gasteiger partial charge in [0.2, 0.25) is 0 Å². The highest BCUT2D eigenvalue weighted by molar-refractivity contribution is 5.24. The van der Waals surface area contributed by atoms with E-state index in [1.807, 2.05) is 4.68 Å². The summed E-state index contributed by atoms with van der Waals surface area (Å²) in [5, 5.41) is 8.27.